The highest BCUT2D eigenvalue weighted by atomic mass is 127. The summed E-state index contributed by atoms with van der Waals surface area (Å²) in [6.07, 6.45) is 14.2. The van der Waals surface area contributed by atoms with Crippen LogP contribution < -0.4 is 0 Å². The van der Waals surface area contributed by atoms with E-state index in [1.54, 1.807) is 25.0 Å². The molecular weight excluding hydrogens is 764 g/mol. The maximum absolute atomic E-state index is 2.77. The summed E-state index contributed by atoms with van der Waals surface area (Å²) >= 11 is 10.9. The van der Waals surface area contributed by atoms with E-state index in [0.29, 0.717) is 5.41 Å². The molecule has 2 aliphatic rings. The van der Waals surface area contributed by atoms with Crippen LogP contribution in [0.3, 0.4) is 0 Å². The molecule has 0 bridgehead atoms. The van der Waals surface area contributed by atoms with Gasteiger partial charge in [-0.25, -0.2) is 10.0 Å². The molecule has 2 rings (SSSR count). The molecule has 0 spiro atoms. The summed E-state index contributed by atoms with van der Waals surface area (Å²) in [5.74, 6) is 4.15. The molecule has 0 nitrogen and oxygen atoms in total. The van der Waals surface area contributed by atoms with Crippen molar-refractivity contribution in [2.75, 3.05) is 36.0 Å². The maximum atomic E-state index is 2.77. The Labute approximate surface area is 194 Å². The van der Waals surface area contributed by atoms with Crippen molar-refractivity contribution < 1.29 is 0 Å². The number of hydrogen-bond acceptors (Lipinski definition) is 0. The normalized spacial score (nSPS) is 37.9. The van der Waals surface area contributed by atoms with E-state index in [9.17, 15) is 0 Å². The molecule has 1 aliphatic heterocycles. The second-order valence-electron chi connectivity index (χ2n) is 7.75. The summed E-state index contributed by atoms with van der Waals surface area (Å²) in [4.78, 5) is 0. The van der Waals surface area contributed by atoms with Crippen molar-refractivity contribution in [2.45, 2.75) is 43.8 Å². The summed E-state index contributed by atoms with van der Waals surface area (Å²) in [5, 5.41) is 1.11. The molecule has 134 valence electrons. The van der Waals surface area contributed by atoms with E-state index >= 15 is 0 Å². The third kappa shape index (κ3) is 5.33. The van der Waals surface area contributed by atoms with E-state index in [4.69, 9.17) is 0 Å². The van der Waals surface area contributed by atoms with Crippen LogP contribution in [0.1, 0.15) is 38.5 Å². The fourth-order valence-electron chi connectivity index (χ4n) is 4.75. The van der Waals surface area contributed by atoms with E-state index in [1.807, 2.05) is 0 Å². The minimum atomic E-state index is -0.412. The topological polar surface area (TPSA) is 0 Å². The summed E-state index contributed by atoms with van der Waals surface area (Å²) in [6.45, 7) is 0. The molecule has 0 aromatic heterocycles. The standard InChI is InChI=1S/C16H30I4S2/c1-21(2,20)11-16(10-17)7-3-5-14(9-16)15-6-4-8-22(15,12-18)13-19/h14-15H,3-13H2,1-2H3. The van der Waals surface area contributed by atoms with Crippen LogP contribution in [0.4, 0.5) is 0 Å². The fourth-order valence-corrected chi connectivity index (χ4v) is 21.7. The molecule has 1 saturated carbocycles. The largest absolute Gasteiger partial charge is 0.220 e. The zero-order chi connectivity index (χ0) is 16.4. The molecule has 6 heteroatoms. The molecule has 0 N–H and O–H groups in total. The van der Waals surface area contributed by atoms with Gasteiger partial charge in [0.2, 0.25) is 0 Å². The van der Waals surface area contributed by atoms with Crippen molar-refractivity contribution in [2.24, 2.45) is 11.3 Å². The van der Waals surface area contributed by atoms with Crippen molar-refractivity contribution in [3.05, 3.63) is 0 Å². The molecule has 1 aliphatic carbocycles. The lowest BCUT2D eigenvalue weighted by atomic mass is 9.70. The number of alkyl halides is 3. The van der Waals surface area contributed by atoms with Gasteiger partial charge in [-0.1, -0.05) is 74.2 Å². The number of halogens is 4. The molecule has 0 aromatic carbocycles. The Morgan fingerprint density at radius 2 is 1.77 bits per heavy atom. The Bertz CT molecular complexity index is 368. The van der Waals surface area contributed by atoms with Crippen LogP contribution in [0.15, 0.2) is 0 Å². The summed E-state index contributed by atoms with van der Waals surface area (Å²) < 4.78 is 4.33. The van der Waals surface area contributed by atoms with E-state index in [2.05, 4.69) is 101 Å². The molecule has 1 saturated heterocycles. The van der Waals surface area contributed by atoms with Crippen LogP contribution in [0.5, 0.6) is 0 Å². The highest BCUT2D eigenvalue weighted by Gasteiger charge is 2.46. The smallest absolute Gasteiger partial charge is 0.0307 e. The quantitative estimate of drug-likeness (QED) is 0.191. The first-order valence-electron chi connectivity index (χ1n) is 8.14. The van der Waals surface area contributed by atoms with E-state index in [-0.39, 0.29) is 10.0 Å². The first kappa shape index (κ1) is 21.9. The number of rotatable bonds is 6. The molecule has 3 atom stereocenters. The second-order valence-corrected chi connectivity index (χ2v) is 26.2. The third-order valence-corrected chi connectivity index (χ3v) is 20.7. The summed E-state index contributed by atoms with van der Waals surface area (Å²) in [6, 6.07) is 0. The molecule has 2 fully saturated rings. The molecule has 0 aromatic rings. The number of hydrogen-bond donors (Lipinski definition) is 0. The average Bonchev–Trinajstić information content (AvgIpc) is 2.90. The van der Waals surface area contributed by atoms with Crippen LogP contribution >= 0.6 is 106 Å². The fraction of sp³-hybridized carbons (Fsp3) is 1.00. The van der Waals surface area contributed by atoms with E-state index in [1.165, 1.54) is 37.0 Å². The minimum absolute atomic E-state index is 0.304. The Hall–Kier alpha value is 3.62. The van der Waals surface area contributed by atoms with Gasteiger partial charge in [0, 0.05) is 11.9 Å². The van der Waals surface area contributed by atoms with Crippen molar-refractivity contribution in [1.29, 1.82) is 0 Å². The Kier molecular flexibility index (Phi) is 9.17. The average molecular weight is 794 g/mol. The van der Waals surface area contributed by atoms with Crippen molar-refractivity contribution in [3.63, 3.8) is 0 Å². The zero-order valence-electron chi connectivity index (χ0n) is 13.8. The predicted octanol–water partition coefficient (Wildman–Crippen LogP) is 7.76. The van der Waals surface area contributed by atoms with Gasteiger partial charge < -0.3 is 0 Å². The van der Waals surface area contributed by atoms with Gasteiger partial charge in [0.1, 0.15) is 0 Å². The molecule has 0 amide bonds. The lowest BCUT2D eigenvalue weighted by molar-refractivity contribution is 0.189. The van der Waals surface area contributed by atoms with Gasteiger partial charge in [-0.2, -0.15) is 7.20 Å². The van der Waals surface area contributed by atoms with Gasteiger partial charge in [0.15, 0.2) is 0 Å². The Morgan fingerprint density at radius 1 is 1.09 bits per heavy atom. The Morgan fingerprint density at radius 3 is 2.32 bits per heavy atom. The first-order chi connectivity index (χ1) is 10.3. The van der Waals surface area contributed by atoms with Gasteiger partial charge >= 0.3 is 0 Å². The molecule has 1 heterocycles. The predicted molar refractivity (Wildman–Crippen MR) is 145 cm³/mol. The van der Waals surface area contributed by atoms with Gasteiger partial charge in [0.25, 0.3) is 0 Å². The lowest BCUT2D eigenvalue weighted by Gasteiger charge is -2.50. The van der Waals surface area contributed by atoms with E-state index in [0.717, 1.165) is 11.2 Å². The van der Waals surface area contributed by atoms with Crippen LogP contribution in [0, 0.1) is 11.3 Å². The summed E-state index contributed by atoms with van der Waals surface area (Å²) in [5.41, 5.74) is 0.674. The Balaban J connectivity index is 2.15. The molecule has 0 radical (unpaired) electrons. The van der Waals surface area contributed by atoms with Crippen molar-refractivity contribution in [1.82, 2.24) is 0 Å². The highest BCUT2D eigenvalue weighted by Crippen LogP contribution is 2.66. The first-order valence-corrected chi connectivity index (χ1v) is 20.1. The second kappa shape index (κ2) is 9.21. The van der Waals surface area contributed by atoms with Crippen LogP contribution in [-0.2, 0) is 0 Å². The third-order valence-electron chi connectivity index (χ3n) is 5.55. The summed E-state index contributed by atoms with van der Waals surface area (Å²) in [7, 11) is -0.716. The molecule has 3 unspecified atom stereocenters. The van der Waals surface area contributed by atoms with Gasteiger partial charge in [0.05, 0.1) is 0 Å². The zero-order valence-corrected chi connectivity index (χ0v) is 24.0. The molecular formula is C16H30I4S2. The minimum Gasteiger partial charge on any atom is -0.220 e. The highest BCUT2D eigenvalue weighted by molar-refractivity contribution is 14.2. The monoisotopic (exact) mass is 794 g/mol. The van der Waals surface area contributed by atoms with Crippen LogP contribution in [-0.4, -0.2) is 41.2 Å². The van der Waals surface area contributed by atoms with Crippen LogP contribution in [0.2, 0.25) is 0 Å². The SMILES string of the molecule is CS(C)(I)CC1(CI)CCCC(C2CCCS2(CI)CI)C1. The van der Waals surface area contributed by atoms with Gasteiger partial charge in [-0.3, -0.25) is 0 Å². The molecule has 22 heavy (non-hydrogen) atoms. The van der Waals surface area contributed by atoms with E-state index < -0.39 is 7.20 Å². The van der Waals surface area contributed by atoms with Crippen LogP contribution in [0.25, 0.3) is 0 Å². The van der Waals surface area contributed by atoms with Gasteiger partial charge in [-0.15, -0.1) is 0 Å². The van der Waals surface area contributed by atoms with Gasteiger partial charge in [-0.05, 0) is 93.9 Å². The maximum Gasteiger partial charge on any atom is 0.0307 e. The van der Waals surface area contributed by atoms with Crippen molar-refractivity contribution >= 4 is 106 Å². The van der Waals surface area contributed by atoms with Crippen molar-refractivity contribution in [3.8, 4) is 0 Å². The lowest BCUT2D eigenvalue weighted by Crippen LogP contribution is -2.39.